The number of hydrogen-bond donors (Lipinski definition) is 1. The van der Waals surface area contributed by atoms with Crippen molar-refractivity contribution in [3.05, 3.63) is 62.1 Å². The number of hydrogen-bond acceptors (Lipinski definition) is 6. The second-order valence-corrected chi connectivity index (χ2v) is 5.45. The van der Waals surface area contributed by atoms with Gasteiger partial charge in [-0.3, -0.25) is 14.9 Å². The van der Waals surface area contributed by atoms with Crippen LogP contribution >= 0.6 is 15.9 Å². The molecule has 0 bridgehead atoms. The van der Waals surface area contributed by atoms with Gasteiger partial charge in [0.25, 0.3) is 11.6 Å². The van der Waals surface area contributed by atoms with E-state index in [1.54, 1.807) is 24.3 Å². The molecule has 0 radical (unpaired) electrons. The van der Waals surface area contributed by atoms with E-state index in [1.165, 1.54) is 19.4 Å². The topological polar surface area (TPSA) is 117 Å². The number of amides is 1. The van der Waals surface area contributed by atoms with Crippen molar-refractivity contribution in [3.63, 3.8) is 0 Å². The molecule has 0 heterocycles. The number of ether oxygens (including phenoxy) is 1. The molecule has 0 spiro atoms. The van der Waals surface area contributed by atoms with E-state index in [9.17, 15) is 20.0 Å². The van der Waals surface area contributed by atoms with E-state index in [-0.39, 0.29) is 11.3 Å². The third-order valence-corrected chi connectivity index (χ3v) is 3.49. The van der Waals surface area contributed by atoms with Gasteiger partial charge in [0.05, 0.1) is 18.2 Å². The summed E-state index contributed by atoms with van der Waals surface area (Å²) < 4.78 is 5.65. The second kappa shape index (κ2) is 7.55. The van der Waals surface area contributed by atoms with Crippen LogP contribution in [0.4, 0.5) is 5.69 Å². The number of nitro benzene ring substituents is 1. The van der Waals surface area contributed by atoms with Crippen LogP contribution in [0.1, 0.15) is 15.9 Å². The van der Waals surface area contributed by atoms with Gasteiger partial charge in [0.15, 0.2) is 0 Å². The molecule has 2 aromatic carbocycles. The minimum absolute atomic E-state index is 0.176. The highest BCUT2D eigenvalue weighted by molar-refractivity contribution is 9.10. The van der Waals surface area contributed by atoms with Crippen LogP contribution < -0.4 is 15.3 Å². The summed E-state index contributed by atoms with van der Waals surface area (Å²) in [6.45, 7) is 0. The molecule has 8 nitrogen and oxygen atoms in total. The Bertz CT molecular complexity index is 806. The Kier molecular flexibility index (Phi) is 5.48. The Labute approximate surface area is 145 Å². The fraction of sp³-hybridized carbons (Fsp3) is 0.0667. The molecular formula is C15H11BrN3O5-. The fourth-order valence-electron chi connectivity index (χ4n) is 1.80. The molecule has 0 aliphatic carbocycles. The molecule has 0 aliphatic heterocycles. The summed E-state index contributed by atoms with van der Waals surface area (Å²) in [6, 6.07) is 8.98. The van der Waals surface area contributed by atoms with E-state index in [1.807, 2.05) is 0 Å². The standard InChI is InChI=1S/C15H12BrN3O5/c1-24-13-7-9(6-12(14(13)20)19(22)23)8-17-18-15(21)10-2-4-11(16)5-3-10/h2-8,20H,1H3,(H,18,21)/p-1/b17-8-. The first-order valence-electron chi connectivity index (χ1n) is 6.54. The van der Waals surface area contributed by atoms with Gasteiger partial charge in [-0.05, 0) is 30.3 Å². The van der Waals surface area contributed by atoms with E-state index in [2.05, 4.69) is 26.5 Å². The molecule has 2 rings (SSSR count). The number of halogens is 1. The lowest BCUT2D eigenvalue weighted by Gasteiger charge is -2.12. The summed E-state index contributed by atoms with van der Waals surface area (Å²) in [5, 5.41) is 26.3. The number of rotatable bonds is 5. The van der Waals surface area contributed by atoms with Gasteiger partial charge in [-0.15, -0.1) is 0 Å². The van der Waals surface area contributed by atoms with Gasteiger partial charge in [0.1, 0.15) is 5.75 Å². The van der Waals surface area contributed by atoms with Gasteiger partial charge in [0, 0.05) is 27.4 Å². The first-order chi connectivity index (χ1) is 11.4. The lowest BCUT2D eigenvalue weighted by molar-refractivity contribution is -0.398. The smallest absolute Gasteiger partial charge is 0.271 e. The lowest BCUT2D eigenvalue weighted by Crippen LogP contribution is -2.17. The number of methoxy groups -OCH3 is 1. The molecule has 0 aromatic heterocycles. The van der Waals surface area contributed by atoms with Gasteiger partial charge < -0.3 is 9.84 Å². The number of hydrazone groups is 1. The van der Waals surface area contributed by atoms with Gasteiger partial charge in [-0.2, -0.15) is 5.10 Å². The maximum absolute atomic E-state index is 11.9. The van der Waals surface area contributed by atoms with Crippen LogP contribution in [0.5, 0.6) is 11.5 Å². The van der Waals surface area contributed by atoms with Crippen LogP contribution in [0, 0.1) is 10.1 Å². The highest BCUT2D eigenvalue weighted by Crippen LogP contribution is 2.33. The molecule has 0 aliphatic rings. The monoisotopic (exact) mass is 392 g/mol. The van der Waals surface area contributed by atoms with Crippen LogP contribution in [0.2, 0.25) is 0 Å². The molecule has 0 atom stereocenters. The highest BCUT2D eigenvalue weighted by Gasteiger charge is 2.12. The molecule has 0 saturated heterocycles. The number of nitro groups is 1. The zero-order valence-corrected chi connectivity index (χ0v) is 13.9. The number of carbonyl (C=O) groups is 1. The molecule has 0 fully saturated rings. The average molecular weight is 393 g/mol. The third kappa shape index (κ3) is 4.07. The summed E-state index contributed by atoms with van der Waals surface area (Å²) in [7, 11) is 1.23. The zero-order valence-electron chi connectivity index (χ0n) is 12.4. The van der Waals surface area contributed by atoms with Crippen molar-refractivity contribution in [1.29, 1.82) is 0 Å². The molecular weight excluding hydrogens is 382 g/mol. The van der Waals surface area contributed by atoms with Crippen LogP contribution in [-0.2, 0) is 0 Å². The second-order valence-electron chi connectivity index (χ2n) is 4.53. The molecule has 124 valence electrons. The molecule has 0 unspecified atom stereocenters. The fourth-order valence-corrected chi connectivity index (χ4v) is 2.07. The van der Waals surface area contributed by atoms with Gasteiger partial charge >= 0.3 is 0 Å². The summed E-state index contributed by atoms with van der Waals surface area (Å²) in [4.78, 5) is 21.9. The zero-order chi connectivity index (χ0) is 17.7. The summed E-state index contributed by atoms with van der Waals surface area (Å²) in [5.41, 5.74) is 2.31. The van der Waals surface area contributed by atoms with E-state index >= 15 is 0 Å². The van der Waals surface area contributed by atoms with E-state index in [0.29, 0.717) is 5.56 Å². The molecule has 0 saturated carbocycles. The van der Waals surface area contributed by atoms with E-state index in [0.717, 1.165) is 10.5 Å². The predicted octanol–water partition coefficient (Wildman–Crippen LogP) is 2.20. The Morgan fingerprint density at radius 3 is 2.58 bits per heavy atom. The Balaban J connectivity index is 2.16. The molecule has 9 heteroatoms. The molecule has 2 aromatic rings. The van der Waals surface area contributed by atoms with Gasteiger partial charge in [-0.1, -0.05) is 15.9 Å². The van der Waals surface area contributed by atoms with Crippen molar-refractivity contribution in [2.45, 2.75) is 0 Å². The van der Waals surface area contributed by atoms with Crippen LogP contribution in [-0.4, -0.2) is 24.2 Å². The highest BCUT2D eigenvalue weighted by atomic mass is 79.9. The van der Waals surface area contributed by atoms with Crippen molar-refractivity contribution in [1.82, 2.24) is 5.43 Å². The van der Waals surface area contributed by atoms with Gasteiger partial charge in [0.2, 0.25) is 0 Å². The van der Waals surface area contributed by atoms with Crippen LogP contribution in [0.15, 0.2) is 46.0 Å². The lowest BCUT2D eigenvalue weighted by atomic mass is 10.2. The quantitative estimate of drug-likeness (QED) is 0.475. The largest absolute Gasteiger partial charge is 0.865 e. The Hall–Kier alpha value is -2.94. The summed E-state index contributed by atoms with van der Waals surface area (Å²) in [5.74, 6) is -1.44. The average Bonchev–Trinajstić information content (AvgIpc) is 2.56. The third-order valence-electron chi connectivity index (χ3n) is 2.96. The molecule has 1 N–H and O–H groups in total. The number of nitrogens with zero attached hydrogens (tertiary/aromatic N) is 2. The van der Waals surface area contributed by atoms with E-state index in [4.69, 9.17) is 4.74 Å². The maximum Gasteiger partial charge on any atom is 0.271 e. The minimum atomic E-state index is -0.821. The minimum Gasteiger partial charge on any atom is -0.865 e. The Morgan fingerprint density at radius 1 is 1.33 bits per heavy atom. The van der Waals surface area contributed by atoms with Crippen molar-refractivity contribution in [2.75, 3.05) is 7.11 Å². The van der Waals surface area contributed by atoms with Crippen molar-refractivity contribution in [2.24, 2.45) is 5.10 Å². The molecule has 1 amide bonds. The van der Waals surface area contributed by atoms with Crippen molar-refractivity contribution < 1.29 is 19.6 Å². The van der Waals surface area contributed by atoms with Crippen LogP contribution in [0.3, 0.4) is 0 Å². The summed E-state index contributed by atoms with van der Waals surface area (Å²) >= 11 is 3.26. The van der Waals surface area contributed by atoms with Gasteiger partial charge in [-0.25, -0.2) is 5.43 Å². The Morgan fingerprint density at radius 2 is 2.00 bits per heavy atom. The SMILES string of the molecule is COc1cc(/C=N\NC(=O)c2ccc(Br)cc2)cc([N+](=O)[O-])c1[O-]. The first-order valence-corrected chi connectivity index (χ1v) is 7.34. The first kappa shape index (κ1) is 17.4. The van der Waals surface area contributed by atoms with Crippen LogP contribution in [0.25, 0.3) is 0 Å². The number of benzene rings is 2. The predicted molar refractivity (Wildman–Crippen MR) is 88.3 cm³/mol. The molecule has 24 heavy (non-hydrogen) atoms. The maximum atomic E-state index is 11.9. The van der Waals surface area contributed by atoms with Crippen molar-refractivity contribution >= 4 is 33.7 Å². The number of carbonyl (C=O) groups excluding carboxylic acids is 1. The number of nitrogens with one attached hydrogen (secondary N) is 1. The van der Waals surface area contributed by atoms with Crippen molar-refractivity contribution in [3.8, 4) is 11.5 Å². The summed E-state index contributed by atoms with van der Waals surface area (Å²) in [6.07, 6.45) is 1.19. The normalized spacial score (nSPS) is 10.6. The van der Waals surface area contributed by atoms with E-state index < -0.39 is 22.3 Å².